The van der Waals surface area contributed by atoms with Crippen LogP contribution < -0.4 is 15.5 Å². The molecule has 0 saturated carbocycles. The van der Waals surface area contributed by atoms with Crippen molar-refractivity contribution >= 4 is 30.5 Å². The molecule has 1 nitrogen and oxygen atoms in total. The number of rotatable bonds is 5. The number of hydrogen-bond donors (Lipinski definition) is 0. The fourth-order valence-electron chi connectivity index (χ4n) is 3.22. The van der Waals surface area contributed by atoms with E-state index in [4.69, 9.17) is 4.74 Å². The Kier molecular flexibility index (Phi) is 5.36. The molecule has 4 aromatic carbocycles. The minimum atomic E-state index is -2.33. The van der Waals surface area contributed by atoms with Crippen LogP contribution in [0, 0.1) is 0 Å². The van der Waals surface area contributed by atoms with Crippen LogP contribution in [0.5, 0.6) is 11.5 Å². The quantitative estimate of drug-likeness (QED) is 0.428. The second kappa shape index (κ2) is 8.24. The molecule has 0 fully saturated rings. The van der Waals surface area contributed by atoms with Gasteiger partial charge in [-0.3, -0.25) is 0 Å². The van der Waals surface area contributed by atoms with Crippen molar-refractivity contribution < 1.29 is 4.74 Å². The molecule has 0 amide bonds. The molecule has 0 saturated heterocycles. The summed E-state index contributed by atoms with van der Waals surface area (Å²) < 4.78 is 10.4. The minimum absolute atomic E-state index is 0.867. The molecular formula is C24H20OSn. The standard InChI is InChI=1S/C12H9O.2C6H5.Sn.H/c1-3-7-11(8-4-1)13-12-9-5-2-6-10-12;2*1-2-4-6-5-3-1;;/h1,3-10H;2*1-5H;;. The Bertz CT molecular complexity index is 896. The summed E-state index contributed by atoms with van der Waals surface area (Å²) in [5.41, 5.74) is 0. The van der Waals surface area contributed by atoms with Gasteiger partial charge in [0.2, 0.25) is 0 Å². The third-order valence-electron chi connectivity index (χ3n) is 4.46. The summed E-state index contributed by atoms with van der Waals surface area (Å²) in [6, 6.07) is 40.5. The van der Waals surface area contributed by atoms with Crippen LogP contribution in [0.25, 0.3) is 0 Å². The molecule has 26 heavy (non-hydrogen) atoms. The zero-order valence-corrected chi connectivity index (χ0v) is 17.8. The zero-order chi connectivity index (χ0) is 17.6. The van der Waals surface area contributed by atoms with Crippen LogP contribution >= 0.6 is 0 Å². The van der Waals surface area contributed by atoms with Crippen LogP contribution in [0.4, 0.5) is 0 Å². The van der Waals surface area contributed by atoms with Crippen molar-refractivity contribution in [2.75, 3.05) is 0 Å². The Labute approximate surface area is 161 Å². The van der Waals surface area contributed by atoms with E-state index >= 15 is 0 Å². The van der Waals surface area contributed by atoms with Crippen LogP contribution in [0.3, 0.4) is 0 Å². The van der Waals surface area contributed by atoms with E-state index in [1.165, 1.54) is 10.7 Å². The third-order valence-corrected chi connectivity index (χ3v) is 13.5. The topological polar surface area (TPSA) is 9.23 Å². The fourth-order valence-corrected chi connectivity index (χ4v) is 11.6. The van der Waals surface area contributed by atoms with Crippen molar-refractivity contribution in [3.63, 3.8) is 0 Å². The van der Waals surface area contributed by atoms with Crippen LogP contribution in [0.15, 0.2) is 115 Å². The van der Waals surface area contributed by atoms with Gasteiger partial charge in [0.05, 0.1) is 0 Å². The number of benzene rings is 4. The average molecular weight is 443 g/mol. The average Bonchev–Trinajstić information content (AvgIpc) is 2.72. The molecule has 4 rings (SSSR count). The predicted octanol–water partition coefficient (Wildman–Crippen LogP) is 3.73. The second-order valence-electron chi connectivity index (χ2n) is 6.24. The van der Waals surface area contributed by atoms with E-state index in [0.29, 0.717) is 0 Å². The van der Waals surface area contributed by atoms with E-state index in [1.807, 2.05) is 30.3 Å². The van der Waals surface area contributed by atoms with Crippen LogP contribution in [-0.4, -0.2) is 19.8 Å². The first-order valence-electron chi connectivity index (χ1n) is 8.83. The summed E-state index contributed by atoms with van der Waals surface area (Å²) in [7, 11) is 0. The Morgan fingerprint density at radius 2 is 0.769 bits per heavy atom. The summed E-state index contributed by atoms with van der Waals surface area (Å²) in [4.78, 5) is 0. The molecule has 0 aromatic heterocycles. The van der Waals surface area contributed by atoms with Crippen molar-refractivity contribution in [3.05, 3.63) is 115 Å². The monoisotopic (exact) mass is 444 g/mol. The van der Waals surface area contributed by atoms with Crippen molar-refractivity contribution in [3.8, 4) is 11.5 Å². The number of hydrogen-bond acceptors (Lipinski definition) is 1. The van der Waals surface area contributed by atoms with E-state index < -0.39 is 19.8 Å². The Hall–Kier alpha value is -2.52. The molecule has 2 heteroatoms. The first kappa shape index (κ1) is 16.9. The summed E-state index contributed by atoms with van der Waals surface area (Å²) in [5.74, 6) is 1.75. The van der Waals surface area contributed by atoms with Gasteiger partial charge in [0.1, 0.15) is 0 Å². The van der Waals surface area contributed by atoms with Gasteiger partial charge in [-0.25, -0.2) is 0 Å². The van der Waals surface area contributed by atoms with E-state index in [-0.39, 0.29) is 0 Å². The molecule has 0 aliphatic rings. The molecule has 0 aliphatic heterocycles. The SMILES string of the molecule is c1ccc(Oc2cc[c]([SnH]([c]3ccccc3)[c]3ccccc3)cc2)cc1. The molecule has 0 bridgehead atoms. The Morgan fingerprint density at radius 1 is 0.385 bits per heavy atom. The number of ether oxygens (including phenoxy) is 1. The van der Waals surface area contributed by atoms with Crippen molar-refractivity contribution in [1.29, 1.82) is 0 Å². The van der Waals surface area contributed by atoms with E-state index in [0.717, 1.165) is 11.5 Å². The van der Waals surface area contributed by atoms with Gasteiger partial charge in [0, 0.05) is 0 Å². The predicted molar refractivity (Wildman–Crippen MR) is 112 cm³/mol. The molecule has 0 atom stereocenters. The van der Waals surface area contributed by atoms with Crippen molar-refractivity contribution in [1.82, 2.24) is 0 Å². The normalized spacial score (nSPS) is 10.7. The van der Waals surface area contributed by atoms with E-state index in [2.05, 4.69) is 84.9 Å². The molecule has 126 valence electrons. The molecule has 0 radical (unpaired) electrons. The van der Waals surface area contributed by atoms with Crippen LogP contribution in [-0.2, 0) is 0 Å². The number of para-hydroxylation sites is 1. The van der Waals surface area contributed by atoms with Crippen LogP contribution in [0.1, 0.15) is 0 Å². The Morgan fingerprint density at radius 3 is 1.27 bits per heavy atom. The van der Waals surface area contributed by atoms with Gasteiger partial charge in [-0.2, -0.15) is 0 Å². The molecular weight excluding hydrogens is 423 g/mol. The van der Waals surface area contributed by atoms with Gasteiger partial charge >= 0.3 is 162 Å². The molecule has 0 N–H and O–H groups in total. The zero-order valence-electron chi connectivity index (χ0n) is 14.5. The first-order chi connectivity index (χ1) is 12.9. The first-order valence-corrected chi connectivity index (χ1v) is 13.8. The van der Waals surface area contributed by atoms with Gasteiger partial charge in [-0.05, 0) is 0 Å². The van der Waals surface area contributed by atoms with E-state index in [9.17, 15) is 0 Å². The van der Waals surface area contributed by atoms with Crippen molar-refractivity contribution in [2.24, 2.45) is 0 Å². The molecule has 0 heterocycles. The van der Waals surface area contributed by atoms with Gasteiger partial charge in [0.25, 0.3) is 0 Å². The summed E-state index contributed by atoms with van der Waals surface area (Å²) in [6.45, 7) is 0. The molecule has 0 aliphatic carbocycles. The molecule has 0 spiro atoms. The van der Waals surface area contributed by atoms with Gasteiger partial charge in [-0.1, -0.05) is 0 Å². The van der Waals surface area contributed by atoms with E-state index in [1.54, 1.807) is 0 Å². The summed E-state index contributed by atoms with van der Waals surface area (Å²) >= 11 is -2.33. The van der Waals surface area contributed by atoms with Crippen molar-refractivity contribution in [2.45, 2.75) is 0 Å². The molecule has 0 unspecified atom stereocenters. The maximum absolute atomic E-state index is 5.95. The molecule has 4 aromatic rings. The maximum atomic E-state index is 5.95. The third kappa shape index (κ3) is 4.00. The Balaban J connectivity index is 1.66. The summed E-state index contributed by atoms with van der Waals surface area (Å²) in [5, 5.41) is 0. The fraction of sp³-hybridized carbons (Fsp3) is 0. The second-order valence-corrected chi connectivity index (χ2v) is 14.4. The van der Waals surface area contributed by atoms with Crippen LogP contribution in [0.2, 0.25) is 0 Å². The van der Waals surface area contributed by atoms with Gasteiger partial charge in [-0.15, -0.1) is 0 Å². The summed E-state index contributed by atoms with van der Waals surface area (Å²) in [6.07, 6.45) is 0. The van der Waals surface area contributed by atoms with Gasteiger partial charge in [0.15, 0.2) is 0 Å². The van der Waals surface area contributed by atoms with Gasteiger partial charge < -0.3 is 0 Å².